The third-order valence-electron chi connectivity index (χ3n) is 1.73. The van der Waals surface area contributed by atoms with Crippen LogP contribution in [0.1, 0.15) is 51.9 Å². The summed E-state index contributed by atoms with van der Waals surface area (Å²) in [5.41, 5.74) is 0. The molecule has 0 aliphatic heterocycles. The van der Waals surface area contributed by atoms with Gasteiger partial charge in [-0.15, -0.1) is 0 Å². The number of halogens is 1. The third kappa shape index (κ3) is 9.60. The lowest BCUT2D eigenvalue weighted by molar-refractivity contribution is -0.129. The molecule has 0 saturated heterocycles. The van der Waals surface area contributed by atoms with E-state index in [1.54, 1.807) is 0 Å². The first-order valence-electron chi connectivity index (χ1n) is 4.45. The number of hydrogen-bond acceptors (Lipinski definition) is 1. The standard InChI is InChI=1S/C9H17FO/c1-2-3-4-5-6-7-8-9(10)11/h2-8H2,1H3. The van der Waals surface area contributed by atoms with Gasteiger partial charge in [-0.2, -0.15) is 4.39 Å². The predicted molar refractivity (Wildman–Crippen MR) is 44.1 cm³/mol. The molecule has 0 bridgehead atoms. The highest BCUT2D eigenvalue weighted by molar-refractivity contribution is 5.67. The molecule has 0 saturated carbocycles. The Morgan fingerprint density at radius 3 is 2.18 bits per heavy atom. The van der Waals surface area contributed by atoms with E-state index in [1.807, 2.05) is 0 Å². The molecule has 0 atom stereocenters. The fourth-order valence-electron chi connectivity index (χ4n) is 1.04. The summed E-state index contributed by atoms with van der Waals surface area (Å²) < 4.78 is 11.6. The zero-order valence-electron chi connectivity index (χ0n) is 7.24. The Bertz CT molecular complexity index is 102. The zero-order valence-corrected chi connectivity index (χ0v) is 7.24. The highest BCUT2D eigenvalue weighted by Crippen LogP contribution is 2.06. The number of carbonyl (C=O) groups is 1. The van der Waals surface area contributed by atoms with Crippen LogP contribution in [0.4, 0.5) is 4.39 Å². The lowest BCUT2D eigenvalue weighted by Gasteiger charge is -1.96. The average Bonchev–Trinajstić information content (AvgIpc) is 1.96. The van der Waals surface area contributed by atoms with Crippen molar-refractivity contribution >= 4 is 6.04 Å². The number of carbonyl (C=O) groups excluding carboxylic acids is 1. The molecule has 2 heteroatoms. The maximum Gasteiger partial charge on any atom is 0.301 e. The van der Waals surface area contributed by atoms with Crippen molar-refractivity contribution in [1.29, 1.82) is 0 Å². The summed E-state index contributed by atoms with van der Waals surface area (Å²) in [6.07, 6.45) is 6.67. The molecule has 0 fully saturated rings. The first kappa shape index (κ1) is 10.6. The molecule has 0 heterocycles. The van der Waals surface area contributed by atoms with Crippen molar-refractivity contribution in [3.8, 4) is 0 Å². The van der Waals surface area contributed by atoms with Crippen molar-refractivity contribution in [3.05, 3.63) is 0 Å². The van der Waals surface area contributed by atoms with Gasteiger partial charge in [-0.3, -0.25) is 4.79 Å². The van der Waals surface area contributed by atoms with Crippen molar-refractivity contribution in [3.63, 3.8) is 0 Å². The minimum absolute atomic E-state index is 0.117. The van der Waals surface area contributed by atoms with Gasteiger partial charge in [0.15, 0.2) is 0 Å². The van der Waals surface area contributed by atoms with Gasteiger partial charge < -0.3 is 0 Å². The van der Waals surface area contributed by atoms with E-state index in [0.717, 1.165) is 19.3 Å². The maximum absolute atomic E-state index is 11.6. The van der Waals surface area contributed by atoms with Crippen molar-refractivity contribution < 1.29 is 9.18 Å². The van der Waals surface area contributed by atoms with Crippen molar-refractivity contribution in [1.82, 2.24) is 0 Å². The monoisotopic (exact) mass is 160 g/mol. The van der Waals surface area contributed by atoms with Crippen LogP contribution < -0.4 is 0 Å². The molecule has 11 heavy (non-hydrogen) atoms. The summed E-state index contributed by atoms with van der Waals surface area (Å²) >= 11 is 0. The first-order valence-corrected chi connectivity index (χ1v) is 4.45. The molecular formula is C9H17FO. The molecule has 1 nitrogen and oxygen atoms in total. The second kappa shape index (κ2) is 7.70. The minimum Gasteiger partial charge on any atom is -0.261 e. The van der Waals surface area contributed by atoms with Crippen LogP contribution >= 0.6 is 0 Å². The molecule has 0 rings (SSSR count). The highest BCUT2D eigenvalue weighted by atomic mass is 19.1. The number of unbranched alkanes of at least 4 members (excludes halogenated alkanes) is 5. The normalized spacial score (nSPS) is 10.0. The van der Waals surface area contributed by atoms with Crippen LogP contribution in [0.2, 0.25) is 0 Å². The van der Waals surface area contributed by atoms with Crippen molar-refractivity contribution in [2.75, 3.05) is 0 Å². The topological polar surface area (TPSA) is 17.1 Å². The molecule has 0 radical (unpaired) electrons. The average molecular weight is 160 g/mol. The minimum atomic E-state index is -1.17. The summed E-state index contributed by atoms with van der Waals surface area (Å²) in [5, 5.41) is 0. The van der Waals surface area contributed by atoms with Crippen LogP contribution in [0.3, 0.4) is 0 Å². The van der Waals surface area contributed by atoms with Crippen LogP contribution in [0.25, 0.3) is 0 Å². The Morgan fingerprint density at radius 2 is 1.64 bits per heavy atom. The van der Waals surface area contributed by atoms with Gasteiger partial charge >= 0.3 is 6.04 Å². The van der Waals surface area contributed by atoms with Gasteiger partial charge in [-0.1, -0.05) is 39.0 Å². The fourth-order valence-corrected chi connectivity index (χ4v) is 1.04. The maximum atomic E-state index is 11.6. The van der Waals surface area contributed by atoms with Gasteiger partial charge in [0, 0.05) is 6.42 Å². The van der Waals surface area contributed by atoms with Gasteiger partial charge in [0.2, 0.25) is 0 Å². The Labute approximate surface area is 68.0 Å². The molecule has 0 spiro atoms. The molecule has 66 valence electrons. The Hall–Kier alpha value is -0.400. The van der Waals surface area contributed by atoms with E-state index in [-0.39, 0.29) is 6.42 Å². The quantitative estimate of drug-likeness (QED) is 0.413. The lowest BCUT2D eigenvalue weighted by Crippen LogP contribution is -1.87. The molecule has 0 N–H and O–H groups in total. The predicted octanol–water partition coefficient (Wildman–Crippen LogP) is 3.23. The van der Waals surface area contributed by atoms with E-state index in [9.17, 15) is 9.18 Å². The molecule has 0 unspecified atom stereocenters. The summed E-state index contributed by atoms with van der Waals surface area (Å²) in [7, 11) is 0. The van der Waals surface area contributed by atoms with E-state index in [4.69, 9.17) is 0 Å². The molecule has 0 aromatic heterocycles. The Morgan fingerprint density at radius 1 is 1.09 bits per heavy atom. The van der Waals surface area contributed by atoms with Crippen LogP contribution in [0.5, 0.6) is 0 Å². The van der Waals surface area contributed by atoms with Crippen LogP contribution in [0, 0.1) is 0 Å². The molecule has 0 aliphatic carbocycles. The van der Waals surface area contributed by atoms with Crippen molar-refractivity contribution in [2.45, 2.75) is 51.9 Å². The van der Waals surface area contributed by atoms with Gasteiger partial charge in [-0.25, -0.2) is 0 Å². The molecule has 0 amide bonds. The Balaban J connectivity index is 2.85. The Kier molecular flexibility index (Phi) is 7.42. The fraction of sp³-hybridized carbons (Fsp3) is 0.889. The summed E-state index contributed by atoms with van der Waals surface area (Å²) in [6.45, 7) is 2.16. The van der Waals surface area contributed by atoms with Gasteiger partial charge in [0.1, 0.15) is 0 Å². The zero-order chi connectivity index (χ0) is 8.53. The summed E-state index contributed by atoms with van der Waals surface area (Å²) in [4.78, 5) is 9.87. The second-order valence-electron chi connectivity index (χ2n) is 2.87. The summed E-state index contributed by atoms with van der Waals surface area (Å²) in [6, 6.07) is -1.17. The van der Waals surface area contributed by atoms with Gasteiger partial charge in [0.25, 0.3) is 0 Å². The molecule has 0 aromatic rings. The van der Waals surface area contributed by atoms with E-state index in [0.29, 0.717) is 0 Å². The smallest absolute Gasteiger partial charge is 0.261 e. The SMILES string of the molecule is CCCCCCCCC(=O)F. The van der Waals surface area contributed by atoms with Gasteiger partial charge in [0.05, 0.1) is 0 Å². The van der Waals surface area contributed by atoms with Crippen LogP contribution in [0.15, 0.2) is 0 Å². The number of rotatable bonds is 7. The van der Waals surface area contributed by atoms with Crippen LogP contribution in [-0.2, 0) is 4.79 Å². The number of hydrogen-bond donors (Lipinski definition) is 0. The van der Waals surface area contributed by atoms with E-state index in [1.165, 1.54) is 19.3 Å². The molecular weight excluding hydrogens is 143 g/mol. The second-order valence-corrected chi connectivity index (χ2v) is 2.87. The highest BCUT2D eigenvalue weighted by Gasteiger charge is 1.96. The molecule has 0 aliphatic rings. The van der Waals surface area contributed by atoms with Gasteiger partial charge in [-0.05, 0) is 6.42 Å². The lowest BCUT2D eigenvalue weighted by atomic mass is 10.1. The van der Waals surface area contributed by atoms with Crippen LogP contribution in [-0.4, -0.2) is 6.04 Å². The third-order valence-corrected chi connectivity index (χ3v) is 1.73. The summed E-state index contributed by atoms with van der Waals surface area (Å²) in [5.74, 6) is 0. The first-order chi connectivity index (χ1) is 5.27. The van der Waals surface area contributed by atoms with E-state index < -0.39 is 6.04 Å². The van der Waals surface area contributed by atoms with E-state index >= 15 is 0 Å². The molecule has 0 aromatic carbocycles. The van der Waals surface area contributed by atoms with E-state index in [2.05, 4.69) is 6.92 Å². The van der Waals surface area contributed by atoms with Crippen molar-refractivity contribution in [2.24, 2.45) is 0 Å². The largest absolute Gasteiger partial charge is 0.301 e.